The van der Waals surface area contributed by atoms with E-state index in [4.69, 9.17) is 0 Å². The number of carbonyl (C=O) groups excluding carboxylic acids is 12. The number of nitrogens with zero attached hydrogens (tertiary/aromatic N) is 12. The van der Waals surface area contributed by atoms with E-state index in [9.17, 15) is 57.5 Å². The van der Waals surface area contributed by atoms with Crippen LogP contribution in [-0.2, 0) is 54.8 Å². The molecule has 0 spiro atoms. The number of rotatable bonds is 23. The molecule has 3 atom stereocenters. The maximum Gasteiger partial charge on any atom is 0.322 e. The second kappa shape index (κ2) is 49.1. The second-order valence-corrected chi connectivity index (χ2v) is 41.3. The Balaban J connectivity index is 0.000000148. The highest BCUT2D eigenvalue weighted by Gasteiger charge is 2.43. The lowest BCUT2D eigenvalue weighted by Gasteiger charge is -2.41. The van der Waals surface area contributed by atoms with Gasteiger partial charge in [-0.3, -0.25) is 28.8 Å². The minimum atomic E-state index is -0.990. The summed E-state index contributed by atoms with van der Waals surface area (Å²) >= 11 is 0. The number of hydrogen-bond donors (Lipinski definition) is 9. The van der Waals surface area contributed by atoms with Crippen molar-refractivity contribution in [2.45, 2.75) is 255 Å². The normalized spacial score (nSPS) is 20.1. The van der Waals surface area contributed by atoms with E-state index in [1.54, 1.807) is 14.7 Å². The van der Waals surface area contributed by atoms with Gasteiger partial charge in [-0.05, 0) is 257 Å². The van der Waals surface area contributed by atoms with E-state index in [0.717, 1.165) is 145 Å². The predicted octanol–water partition coefficient (Wildman–Crippen LogP) is 14.0. The molecule has 0 radical (unpaired) electrons. The monoisotopic (exact) mass is 1970 g/mol. The van der Waals surface area contributed by atoms with Crippen molar-refractivity contribution >= 4 is 111 Å². The molecule has 7 aromatic carbocycles. The number of piperidine rings is 9. The molecule has 18 amide bonds. The van der Waals surface area contributed by atoms with E-state index in [1.165, 1.54) is 57.8 Å². The first kappa shape index (κ1) is 103. The molecule has 19 rings (SSSR count). The largest absolute Gasteiger partial charge is 0.342 e. The molecule has 9 fully saturated rings. The number of likely N-dealkylation sites (tertiary alicyclic amines) is 9. The molecular formula is C111H147N21O12. The molecule has 0 aliphatic carbocycles. The molecule has 12 heterocycles. The Morgan fingerprint density at radius 1 is 0.312 bits per heavy atom. The summed E-state index contributed by atoms with van der Waals surface area (Å²) in [5.74, 6) is -1.08. The van der Waals surface area contributed by atoms with Crippen molar-refractivity contribution in [1.29, 1.82) is 0 Å². The van der Waals surface area contributed by atoms with E-state index in [2.05, 4.69) is 62.6 Å². The predicted molar refractivity (Wildman–Crippen MR) is 558 cm³/mol. The molecule has 768 valence electrons. The van der Waals surface area contributed by atoms with Crippen LogP contribution in [0.1, 0.15) is 193 Å². The number of carbonyl (C=O) groups is 12. The van der Waals surface area contributed by atoms with Crippen molar-refractivity contribution in [2.75, 3.05) is 151 Å². The molecule has 0 unspecified atom stereocenters. The third-order valence-electron chi connectivity index (χ3n) is 32.0. The van der Waals surface area contributed by atoms with Gasteiger partial charge in [0.05, 0.1) is 24.9 Å². The smallest absolute Gasteiger partial charge is 0.322 e. The highest BCUT2D eigenvalue weighted by atomic mass is 16.2. The Kier molecular flexibility index (Phi) is 35.0. The van der Waals surface area contributed by atoms with E-state index in [1.807, 2.05) is 208 Å². The molecule has 33 heteroatoms. The maximum atomic E-state index is 14.0. The van der Waals surface area contributed by atoms with Gasteiger partial charge in [0.2, 0.25) is 35.4 Å². The number of aryl methyl sites for hydroxylation is 3. The van der Waals surface area contributed by atoms with Crippen LogP contribution in [0.3, 0.4) is 0 Å². The van der Waals surface area contributed by atoms with Crippen LogP contribution in [0, 0.1) is 20.8 Å². The Morgan fingerprint density at radius 2 is 0.625 bits per heavy atom. The number of amides is 18. The quantitative estimate of drug-likeness (QED) is 0.0287. The summed E-state index contributed by atoms with van der Waals surface area (Å²) in [5, 5.41) is 28.2. The van der Waals surface area contributed by atoms with Crippen molar-refractivity contribution in [2.24, 2.45) is 0 Å². The molecular weight excluding hydrogens is 1820 g/mol. The van der Waals surface area contributed by atoms with Crippen LogP contribution in [0.25, 0.3) is 10.8 Å². The number of anilines is 5. The van der Waals surface area contributed by atoms with Gasteiger partial charge in [-0.2, -0.15) is 0 Å². The van der Waals surface area contributed by atoms with Gasteiger partial charge in [0.15, 0.2) is 0 Å². The van der Waals surface area contributed by atoms with Gasteiger partial charge < -0.3 is 107 Å². The molecule has 0 saturated carbocycles. The first-order valence-corrected chi connectivity index (χ1v) is 53.2. The molecule has 144 heavy (non-hydrogen) atoms. The van der Waals surface area contributed by atoms with Gasteiger partial charge in [0.1, 0.15) is 18.1 Å². The van der Waals surface area contributed by atoms with Crippen LogP contribution in [0.5, 0.6) is 0 Å². The van der Waals surface area contributed by atoms with Crippen LogP contribution < -0.4 is 47.9 Å². The summed E-state index contributed by atoms with van der Waals surface area (Å²) in [7, 11) is 0. The molecule has 9 N–H and O–H groups in total. The highest BCUT2D eigenvalue weighted by molar-refractivity contribution is 6.04. The van der Waals surface area contributed by atoms with E-state index in [-0.39, 0.29) is 90.9 Å². The fourth-order valence-corrected chi connectivity index (χ4v) is 23.4. The van der Waals surface area contributed by atoms with Crippen molar-refractivity contribution in [3.8, 4) is 0 Å². The van der Waals surface area contributed by atoms with Gasteiger partial charge in [0, 0.05) is 169 Å². The lowest BCUT2D eigenvalue weighted by atomic mass is 9.98. The first-order valence-electron chi connectivity index (χ1n) is 53.2. The fourth-order valence-electron chi connectivity index (χ4n) is 23.4. The molecule has 0 bridgehead atoms. The molecule has 9 saturated heterocycles. The average molecular weight is 1970 g/mol. The minimum absolute atomic E-state index is 0.0145. The van der Waals surface area contributed by atoms with Gasteiger partial charge >= 0.3 is 36.2 Å². The third-order valence-corrected chi connectivity index (χ3v) is 32.0. The zero-order valence-corrected chi connectivity index (χ0v) is 84.2. The standard InChI is InChI=1S/C38H47N7O4.C37H51N7O4.C36H49N7O4/c46-35(43-21-17-30(18-22-43)45-26-28-10-3-5-13-32(28)41-38(45)49)25-34(36(47)44-23-15-29(16-24-44)42-19-6-1-7-20-42)40-37(48)39-33-14-8-11-27-9-2-4-12-31(27)33;1-25-21-27(3)32(22-26(25)2)38-36(47)39-33(35(46)43-19-11-29(12-20-43)41-15-7-4-8-16-41)23-34(45)42-17-13-30(14-18-42)44-24-28-9-5-6-10-31(28)40-37(44)48;44-33(41-21-16-30(17-22-41)43-26-28-11-5-6-12-31(28)39-36(43)47)25-32(38-35(46)37-18-13-27-9-3-1-4-10-27)34(45)42-23-14-29(15-24-42)40-19-7-2-8-20-40/h2-5,8-14,29-30,34H,1,6-7,15-26H2,(H,41,49)(H2,39,40,48);5-6,9-10,21-22,29-30,33H,4,7-8,11-20,23-24H2,1-3H3,(H,40,48)(H2,38,39,47);1,3-6,9-12,29-30,32H,2,7-8,13-26H2,(H,39,47)(H2,37,38,46)/t34-;33-;32-/m000/s1. The van der Waals surface area contributed by atoms with Crippen molar-refractivity contribution in [3.05, 3.63) is 197 Å². The lowest BCUT2D eigenvalue weighted by molar-refractivity contribution is -0.140. The van der Waals surface area contributed by atoms with Crippen molar-refractivity contribution < 1.29 is 57.5 Å². The minimum Gasteiger partial charge on any atom is -0.342 e. The van der Waals surface area contributed by atoms with Crippen molar-refractivity contribution in [1.82, 2.24) is 80.1 Å². The van der Waals surface area contributed by atoms with E-state index in [0.29, 0.717) is 179 Å². The van der Waals surface area contributed by atoms with Crippen LogP contribution >= 0.6 is 0 Å². The Hall–Kier alpha value is -12.9. The molecule has 12 aliphatic heterocycles. The summed E-state index contributed by atoms with van der Waals surface area (Å²) in [6, 6.07) is 47.7. The SMILES string of the molecule is Cc1cc(C)c(NC(=O)N[C@@H](CC(=O)N2CCC(N3Cc4ccccc4NC3=O)CC2)C(=O)N2CCC(N3CCCCC3)CC2)cc1C.O=C(NCCc1ccccc1)N[C@@H](CC(=O)N1CCC(N2Cc3ccccc3NC2=O)CC1)C(=O)N1CCC(N2CCCCC2)CC1.O=C(Nc1cccc2ccccc12)N[C@@H](CC(=O)N1CCC(N2Cc3ccccc3NC2=O)CC1)C(=O)N1CCC(N2CCCCC2)CC1. The average Bonchev–Trinajstić information content (AvgIpc) is 0.799. The van der Waals surface area contributed by atoms with Gasteiger partial charge in [-0.25, -0.2) is 28.8 Å². The van der Waals surface area contributed by atoms with Crippen LogP contribution in [0.2, 0.25) is 0 Å². The molecule has 12 aliphatic rings. The third kappa shape index (κ3) is 26.4. The Bertz CT molecular complexity index is 5640. The first-order chi connectivity index (χ1) is 70.0. The summed E-state index contributed by atoms with van der Waals surface area (Å²) in [4.78, 5) is 186. The van der Waals surface area contributed by atoms with Gasteiger partial charge in [-0.1, -0.05) is 147 Å². The lowest BCUT2D eigenvalue weighted by Crippen LogP contribution is -2.56. The van der Waals surface area contributed by atoms with Crippen LogP contribution in [-0.4, -0.2) is 309 Å². The summed E-state index contributed by atoms with van der Waals surface area (Å²) in [6.07, 6.45) is 21.0. The molecule has 33 nitrogen and oxygen atoms in total. The highest BCUT2D eigenvalue weighted by Crippen LogP contribution is 2.36. The van der Waals surface area contributed by atoms with E-state index < -0.39 is 36.2 Å². The van der Waals surface area contributed by atoms with Gasteiger partial charge in [-0.15, -0.1) is 0 Å². The molecule has 0 aromatic heterocycles. The fraction of sp³-hybridized carbons (Fsp3) is 0.532. The topological polar surface area (TPSA) is 352 Å². The zero-order chi connectivity index (χ0) is 100. The Morgan fingerprint density at radius 3 is 1.01 bits per heavy atom. The number of fused-ring (bicyclic) bond motifs is 4. The van der Waals surface area contributed by atoms with E-state index >= 15 is 0 Å². The number of hydrogen-bond acceptors (Lipinski definition) is 15. The maximum absolute atomic E-state index is 14.0. The summed E-state index contributed by atoms with van der Waals surface area (Å²) in [5.41, 5.74) is 11.4. The second-order valence-electron chi connectivity index (χ2n) is 41.3. The number of benzene rings is 7. The zero-order valence-electron chi connectivity index (χ0n) is 84.2. The van der Waals surface area contributed by atoms with Gasteiger partial charge in [0.25, 0.3) is 0 Å². The summed E-state index contributed by atoms with van der Waals surface area (Å²) < 4.78 is 0. The molecule has 7 aromatic rings. The van der Waals surface area contributed by atoms with Crippen LogP contribution in [0.15, 0.2) is 158 Å². The number of urea groups is 6. The van der Waals surface area contributed by atoms with Crippen molar-refractivity contribution in [3.63, 3.8) is 0 Å². The Labute approximate surface area is 846 Å². The summed E-state index contributed by atoms with van der Waals surface area (Å²) in [6.45, 7) is 21.5. The number of nitrogens with one attached hydrogen (secondary N) is 9. The number of para-hydroxylation sites is 3. The van der Waals surface area contributed by atoms with Crippen LogP contribution in [0.4, 0.5) is 57.2 Å².